The molecule has 26 heteroatoms. The zero-order valence-electron chi connectivity index (χ0n) is 58.7. The van der Waals surface area contributed by atoms with Gasteiger partial charge in [-0.15, -0.1) is 23.1 Å². The lowest BCUT2D eigenvalue weighted by Crippen LogP contribution is -2.57. The van der Waals surface area contributed by atoms with Crippen molar-refractivity contribution in [1.82, 2.24) is 35.0 Å². The van der Waals surface area contributed by atoms with Crippen molar-refractivity contribution in [2.45, 2.75) is 170 Å². The van der Waals surface area contributed by atoms with E-state index in [2.05, 4.69) is 61.6 Å². The normalized spacial score (nSPS) is 17.9. The Morgan fingerprint density at radius 1 is 0.832 bits per heavy atom. The lowest BCUT2D eigenvalue weighted by molar-refractivity contribution is -0.144. The smallest absolute Gasteiger partial charge is 0.391 e. The standard InChI is InChI=1S/C75H95ClF3N9O9S4/c1-50(52-20-22-54(23-21-52)68-51(2)80-49-99-68)81-71(92)65-43-60(89)47-88(65)72(93)69(73(3,4)5)83-67(90)19-15-10-9-11-16-37-85(8)38-35-58(48-98-61-17-13-12-14-18-61)82-64-33-32-62(44-66(64)100(94,95)75(77,78)79)101(96,97)84-70(91)55-26-30-59(31-27-55)87-41-39-86(40-42-87)46-56-45-74(6,7)36-34-63(56)53-24-28-57(76)29-25-53/h12-14,17-18,20-33,44,49-50,58,60,65,69,82,89H,9-11,15-16,19,34-43,45-48H2,1-8H3,(H,81,92)(H,83,90)(H,84,91). The first-order valence-electron chi connectivity index (χ1n) is 34.5. The average Bonchev–Trinajstić information content (AvgIpc) is 1.36. The minimum Gasteiger partial charge on any atom is -0.391 e. The second kappa shape index (κ2) is 34.2. The number of benzene rings is 5. The van der Waals surface area contributed by atoms with E-state index in [1.54, 1.807) is 29.0 Å². The number of sulfonamides is 1. The number of alkyl halides is 3. The summed E-state index contributed by atoms with van der Waals surface area (Å²) in [5, 5.41) is 20.5. The molecule has 2 fully saturated rings. The van der Waals surface area contributed by atoms with Gasteiger partial charge < -0.3 is 35.8 Å². The number of halogens is 4. The molecule has 0 spiro atoms. The van der Waals surface area contributed by atoms with Gasteiger partial charge in [0.15, 0.2) is 0 Å². The number of carbonyl (C=O) groups excluding carboxylic acids is 4. The largest absolute Gasteiger partial charge is 0.501 e. The lowest BCUT2D eigenvalue weighted by atomic mass is 9.73. The van der Waals surface area contributed by atoms with Crippen LogP contribution >= 0.6 is 34.7 Å². The molecule has 5 unspecified atom stereocenters. The number of aryl methyl sites for hydroxylation is 1. The van der Waals surface area contributed by atoms with Crippen molar-refractivity contribution in [2.75, 3.05) is 75.4 Å². The van der Waals surface area contributed by atoms with Crippen LogP contribution in [0.25, 0.3) is 16.0 Å². The molecule has 18 nitrogen and oxygen atoms in total. The number of thioether (sulfide) groups is 1. The number of aliphatic hydroxyl groups excluding tert-OH is 1. The first-order chi connectivity index (χ1) is 47.7. The minimum atomic E-state index is -6.16. The molecular formula is C75H95ClF3N9O9S4. The quantitative estimate of drug-likeness (QED) is 0.0209. The summed E-state index contributed by atoms with van der Waals surface area (Å²) >= 11 is 9.19. The van der Waals surface area contributed by atoms with Crippen molar-refractivity contribution >= 4 is 95.1 Å². The van der Waals surface area contributed by atoms with Gasteiger partial charge >= 0.3 is 5.51 Å². The van der Waals surface area contributed by atoms with Crippen LogP contribution in [-0.4, -0.2) is 160 Å². The van der Waals surface area contributed by atoms with Crippen molar-refractivity contribution in [2.24, 2.45) is 10.8 Å². The number of nitrogens with one attached hydrogen (secondary N) is 4. The fourth-order valence-electron chi connectivity index (χ4n) is 13.3. The summed E-state index contributed by atoms with van der Waals surface area (Å²) in [4.78, 5) is 67.3. The number of likely N-dealkylation sites (tertiary alicyclic amines) is 1. The van der Waals surface area contributed by atoms with E-state index in [9.17, 15) is 54.3 Å². The van der Waals surface area contributed by atoms with Crippen LogP contribution in [0, 0.1) is 17.8 Å². The summed E-state index contributed by atoms with van der Waals surface area (Å²) in [5.41, 5.74) is 2.64. The van der Waals surface area contributed by atoms with Gasteiger partial charge in [-0.05, 0) is 172 Å². The summed E-state index contributed by atoms with van der Waals surface area (Å²) in [6.45, 7) is 18.9. The van der Waals surface area contributed by atoms with Gasteiger partial charge in [-0.3, -0.25) is 24.1 Å². The van der Waals surface area contributed by atoms with Crippen LogP contribution in [0.5, 0.6) is 0 Å². The molecule has 101 heavy (non-hydrogen) atoms. The number of thiazole rings is 1. The van der Waals surface area contributed by atoms with Gasteiger partial charge in [-0.2, -0.15) is 13.2 Å². The fourth-order valence-corrected chi connectivity index (χ4v) is 17.2. The van der Waals surface area contributed by atoms with E-state index in [4.69, 9.17) is 11.6 Å². The number of amides is 4. The highest BCUT2D eigenvalue weighted by atomic mass is 35.5. The molecule has 1 aromatic heterocycles. The summed E-state index contributed by atoms with van der Waals surface area (Å²) in [7, 11) is -9.18. The summed E-state index contributed by atoms with van der Waals surface area (Å²) in [6.07, 6.45) is 6.46. The van der Waals surface area contributed by atoms with Crippen LogP contribution in [0.3, 0.4) is 0 Å². The third-order valence-electron chi connectivity index (χ3n) is 19.1. The van der Waals surface area contributed by atoms with E-state index in [1.165, 1.54) is 45.5 Å². The number of sulfone groups is 1. The molecule has 2 aliphatic heterocycles. The number of anilines is 2. The number of hydrogen-bond acceptors (Lipinski definition) is 16. The molecule has 4 amide bonds. The molecule has 0 radical (unpaired) electrons. The monoisotopic (exact) mass is 1490 g/mol. The molecule has 3 aliphatic rings. The Hall–Kier alpha value is -6.84. The Balaban J connectivity index is 0.748. The maximum absolute atomic E-state index is 14.6. The van der Waals surface area contributed by atoms with E-state index in [0.29, 0.717) is 55.9 Å². The van der Waals surface area contributed by atoms with E-state index < -0.39 is 88.2 Å². The molecule has 9 rings (SSSR count). The predicted octanol–water partition coefficient (Wildman–Crippen LogP) is 13.6. The number of β-amino-alcohol motifs (C(OH)–C–C–N with tert-alkyl or cyclic N) is 1. The van der Waals surface area contributed by atoms with E-state index in [-0.39, 0.29) is 42.3 Å². The highest BCUT2D eigenvalue weighted by Crippen LogP contribution is 2.44. The van der Waals surface area contributed by atoms with Gasteiger partial charge in [0.05, 0.1) is 38.8 Å². The number of carbonyl (C=O) groups is 4. The van der Waals surface area contributed by atoms with E-state index in [0.717, 1.165) is 109 Å². The number of nitrogens with zero attached hydrogens (tertiary/aromatic N) is 5. The molecule has 0 saturated carbocycles. The Kier molecular flexibility index (Phi) is 26.5. The number of allylic oxidation sites excluding steroid dienone is 1. The Morgan fingerprint density at radius 3 is 2.15 bits per heavy atom. The number of aliphatic hydroxyl groups is 1. The molecule has 2 saturated heterocycles. The van der Waals surface area contributed by atoms with Crippen LogP contribution in [-0.2, 0) is 34.2 Å². The molecule has 0 bridgehead atoms. The summed E-state index contributed by atoms with van der Waals surface area (Å²) in [5.74, 6) is -1.90. The third-order valence-corrected chi connectivity index (χ3v) is 24.4. The molecular weight excluding hydrogens is 1390 g/mol. The van der Waals surface area contributed by atoms with Crippen LogP contribution in [0.4, 0.5) is 24.5 Å². The highest BCUT2D eigenvalue weighted by molar-refractivity contribution is 7.99. The second-order valence-electron chi connectivity index (χ2n) is 28.7. The second-order valence-corrected chi connectivity index (χ2v) is 34.7. The first-order valence-corrected chi connectivity index (χ1v) is 39.7. The van der Waals surface area contributed by atoms with Crippen molar-refractivity contribution in [3.05, 3.63) is 160 Å². The fraction of sp³-hybridized carbons (Fsp3) is 0.480. The van der Waals surface area contributed by atoms with Crippen molar-refractivity contribution in [3.8, 4) is 10.4 Å². The van der Waals surface area contributed by atoms with Gasteiger partial charge in [0.25, 0.3) is 25.8 Å². The van der Waals surface area contributed by atoms with Crippen LogP contribution in [0.15, 0.2) is 147 Å². The number of piperazine rings is 1. The third kappa shape index (κ3) is 21.2. The maximum atomic E-state index is 14.6. The molecule has 546 valence electrons. The average molecular weight is 1490 g/mol. The van der Waals surface area contributed by atoms with Crippen LogP contribution in [0.1, 0.15) is 145 Å². The molecule has 3 heterocycles. The Bertz CT molecular complexity index is 4090. The number of aromatic nitrogens is 1. The number of hydrogen-bond donors (Lipinski definition) is 5. The molecule has 6 aromatic rings. The number of unbranched alkanes of at least 4 members (excludes halogenated alkanes) is 4. The van der Waals surface area contributed by atoms with Crippen LogP contribution in [0.2, 0.25) is 5.02 Å². The lowest BCUT2D eigenvalue weighted by Gasteiger charge is -2.39. The molecule has 5 aromatic carbocycles. The van der Waals surface area contributed by atoms with E-state index >= 15 is 0 Å². The van der Waals surface area contributed by atoms with Gasteiger partial charge in [0.2, 0.25) is 17.7 Å². The molecule has 1 aliphatic carbocycles. The van der Waals surface area contributed by atoms with Crippen molar-refractivity contribution in [3.63, 3.8) is 0 Å². The SMILES string of the molecule is Cc1ncsc1-c1ccc(C(C)NC(=O)C2CC(O)CN2C(=O)C(NC(=O)CCCCCCCN(C)CCC(CSc2ccccc2)Nc2ccc(S(=O)(=O)NC(=O)c3ccc(N4CCN(CC5=C(c6ccc(Cl)cc6)CCC(C)(C)C5)CC4)cc3)cc2S(=O)(=O)C(F)(F)F)C(C)(C)C)cc1. The van der Waals surface area contributed by atoms with E-state index in [1.807, 2.05) is 113 Å². The first kappa shape index (κ1) is 78.3. The zero-order chi connectivity index (χ0) is 73.0. The van der Waals surface area contributed by atoms with Gasteiger partial charge in [0, 0.05) is 85.1 Å². The zero-order valence-corrected chi connectivity index (χ0v) is 62.8. The van der Waals surface area contributed by atoms with Gasteiger partial charge in [0.1, 0.15) is 17.0 Å². The molecule has 5 atom stereocenters. The van der Waals surface area contributed by atoms with Gasteiger partial charge in [-0.1, -0.05) is 126 Å². The van der Waals surface area contributed by atoms with Gasteiger partial charge in [-0.25, -0.2) is 26.5 Å². The predicted molar refractivity (Wildman–Crippen MR) is 396 cm³/mol. The minimum absolute atomic E-state index is 0.0324. The van der Waals surface area contributed by atoms with Crippen molar-refractivity contribution in [1.29, 1.82) is 0 Å². The number of rotatable bonds is 30. The summed E-state index contributed by atoms with van der Waals surface area (Å²) < 4.78 is 100. The van der Waals surface area contributed by atoms with Crippen LogP contribution < -0.4 is 25.6 Å². The molecule has 5 N–H and O–H groups in total. The maximum Gasteiger partial charge on any atom is 0.501 e. The van der Waals surface area contributed by atoms with Crippen molar-refractivity contribution < 1.29 is 54.3 Å². The highest BCUT2D eigenvalue weighted by Gasteiger charge is 2.49. The Morgan fingerprint density at radius 2 is 1.50 bits per heavy atom. The Labute approximate surface area is 606 Å². The summed E-state index contributed by atoms with van der Waals surface area (Å²) in [6, 6.07) is 31.0. The topological polar surface area (TPSA) is 231 Å².